The Kier molecular flexibility index (Phi) is 5.38. The summed E-state index contributed by atoms with van der Waals surface area (Å²) in [7, 11) is 0. The largest absolute Gasteiger partial charge is 0.615 e. The number of halogens is 1. The molecule has 0 aliphatic heterocycles. The van der Waals surface area contributed by atoms with Gasteiger partial charge in [-0.15, -0.1) is 11.3 Å². The van der Waals surface area contributed by atoms with Crippen molar-refractivity contribution < 1.29 is 4.55 Å². The number of rotatable bonds is 5. The van der Waals surface area contributed by atoms with Gasteiger partial charge in [-0.1, -0.05) is 72.3 Å². The molecule has 0 aliphatic rings. The SMILES string of the molecule is Cc1nc(Cl)sc1C[S+]([O-])C(c1ccccc1)c1ccccc1. The van der Waals surface area contributed by atoms with Crippen molar-refractivity contribution in [2.45, 2.75) is 17.9 Å². The van der Waals surface area contributed by atoms with Crippen LogP contribution in [0.2, 0.25) is 4.47 Å². The van der Waals surface area contributed by atoms with Gasteiger partial charge < -0.3 is 4.55 Å². The van der Waals surface area contributed by atoms with Crippen molar-refractivity contribution >= 4 is 34.1 Å². The van der Waals surface area contributed by atoms with Crippen LogP contribution in [0.3, 0.4) is 0 Å². The van der Waals surface area contributed by atoms with E-state index in [0.29, 0.717) is 10.2 Å². The van der Waals surface area contributed by atoms with E-state index in [1.807, 2.05) is 67.6 Å². The molecule has 0 amide bonds. The summed E-state index contributed by atoms with van der Waals surface area (Å²) < 4.78 is 13.6. The van der Waals surface area contributed by atoms with Crippen LogP contribution in [0.15, 0.2) is 60.7 Å². The molecule has 1 aromatic heterocycles. The maximum absolute atomic E-state index is 13.1. The minimum absolute atomic E-state index is 0.155. The molecule has 1 unspecified atom stereocenters. The van der Waals surface area contributed by atoms with E-state index >= 15 is 0 Å². The molecule has 1 heterocycles. The van der Waals surface area contributed by atoms with Crippen LogP contribution in [0.4, 0.5) is 0 Å². The quantitative estimate of drug-likeness (QED) is 0.589. The lowest BCUT2D eigenvalue weighted by Gasteiger charge is -2.22. The minimum atomic E-state index is -1.10. The first-order valence-corrected chi connectivity index (χ1v) is 9.81. The third-order valence-corrected chi connectivity index (χ3v) is 6.70. The van der Waals surface area contributed by atoms with E-state index in [1.54, 1.807) is 0 Å². The predicted octanol–water partition coefficient (Wildman–Crippen LogP) is 5.14. The number of hydrogen-bond acceptors (Lipinski definition) is 3. The summed E-state index contributed by atoms with van der Waals surface area (Å²) in [5, 5.41) is -0.155. The van der Waals surface area contributed by atoms with Crippen molar-refractivity contribution in [2.24, 2.45) is 0 Å². The van der Waals surface area contributed by atoms with Crippen LogP contribution < -0.4 is 0 Å². The molecule has 118 valence electrons. The van der Waals surface area contributed by atoms with Gasteiger partial charge in [-0.05, 0) is 18.1 Å². The summed E-state index contributed by atoms with van der Waals surface area (Å²) in [6.07, 6.45) is 0. The van der Waals surface area contributed by atoms with Crippen LogP contribution in [0.5, 0.6) is 0 Å². The van der Waals surface area contributed by atoms with Gasteiger partial charge in [-0.25, -0.2) is 4.98 Å². The van der Waals surface area contributed by atoms with Crippen LogP contribution in [-0.4, -0.2) is 9.54 Å². The number of thiazole rings is 1. The molecule has 1 atom stereocenters. The number of hydrogen-bond donors (Lipinski definition) is 0. The Bertz CT molecular complexity index is 722. The third kappa shape index (κ3) is 3.96. The highest BCUT2D eigenvalue weighted by atomic mass is 35.5. The lowest BCUT2D eigenvalue weighted by molar-refractivity contribution is 0.587. The summed E-state index contributed by atoms with van der Waals surface area (Å²) in [5.74, 6) is 0.463. The van der Waals surface area contributed by atoms with Crippen molar-refractivity contribution in [2.75, 3.05) is 0 Å². The molecule has 0 radical (unpaired) electrons. The van der Waals surface area contributed by atoms with Gasteiger partial charge in [0.25, 0.3) is 0 Å². The Labute approximate surface area is 148 Å². The first-order valence-electron chi connectivity index (χ1n) is 7.24. The van der Waals surface area contributed by atoms with E-state index in [9.17, 15) is 4.55 Å². The fraction of sp³-hybridized carbons (Fsp3) is 0.167. The summed E-state index contributed by atoms with van der Waals surface area (Å²) in [6, 6.07) is 20.0. The molecule has 0 bridgehead atoms. The van der Waals surface area contributed by atoms with E-state index in [-0.39, 0.29) is 5.25 Å². The van der Waals surface area contributed by atoms with Crippen molar-refractivity contribution in [3.8, 4) is 0 Å². The summed E-state index contributed by atoms with van der Waals surface area (Å²) >= 11 is 6.29. The Morgan fingerprint density at radius 2 is 1.57 bits per heavy atom. The van der Waals surface area contributed by atoms with Crippen LogP contribution in [0.25, 0.3) is 0 Å². The first-order chi connectivity index (χ1) is 11.1. The van der Waals surface area contributed by atoms with E-state index in [2.05, 4.69) is 4.98 Å². The minimum Gasteiger partial charge on any atom is -0.615 e. The van der Waals surface area contributed by atoms with E-state index < -0.39 is 11.2 Å². The maximum atomic E-state index is 13.1. The fourth-order valence-corrected chi connectivity index (χ4v) is 5.62. The highest BCUT2D eigenvalue weighted by Gasteiger charge is 2.28. The molecular weight excluding hydrogens is 346 g/mol. The first kappa shape index (κ1) is 16.5. The topological polar surface area (TPSA) is 36.0 Å². The maximum Gasteiger partial charge on any atom is 0.184 e. The average molecular weight is 362 g/mol. The highest BCUT2D eigenvalue weighted by Crippen LogP contribution is 2.34. The number of aromatic nitrogens is 1. The Hall–Kier alpha value is -1.33. The standard InChI is InChI=1S/C18H16ClNOS2/c1-13-16(22-18(19)20-13)12-23(21)17(14-8-4-2-5-9-14)15-10-6-3-7-11-15/h2-11,17H,12H2,1H3. The Morgan fingerprint density at radius 1 is 1.04 bits per heavy atom. The smallest absolute Gasteiger partial charge is 0.184 e. The molecular formula is C18H16ClNOS2. The molecule has 3 aromatic rings. The molecule has 0 spiro atoms. The fourth-order valence-electron chi connectivity index (χ4n) is 2.49. The van der Waals surface area contributed by atoms with Crippen molar-refractivity contribution in [3.63, 3.8) is 0 Å². The number of aryl methyl sites for hydroxylation is 1. The van der Waals surface area contributed by atoms with Gasteiger partial charge in [0, 0.05) is 11.1 Å². The molecule has 0 aliphatic carbocycles. The number of nitrogens with zero attached hydrogens (tertiary/aromatic N) is 1. The average Bonchev–Trinajstić information content (AvgIpc) is 2.87. The van der Waals surface area contributed by atoms with Gasteiger partial charge in [-0.2, -0.15) is 0 Å². The van der Waals surface area contributed by atoms with Crippen LogP contribution >= 0.6 is 22.9 Å². The normalized spacial score (nSPS) is 12.5. The van der Waals surface area contributed by atoms with E-state index in [0.717, 1.165) is 21.7 Å². The van der Waals surface area contributed by atoms with Gasteiger partial charge in [0.2, 0.25) is 0 Å². The lowest BCUT2D eigenvalue weighted by atomic mass is 10.0. The van der Waals surface area contributed by atoms with Gasteiger partial charge in [0.05, 0.1) is 10.6 Å². The molecule has 3 rings (SSSR count). The molecule has 5 heteroatoms. The molecule has 0 saturated heterocycles. The van der Waals surface area contributed by atoms with Crippen molar-refractivity contribution in [1.29, 1.82) is 0 Å². The summed E-state index contributed by atoms with van der Waals surface area (Å²) in [6.45, 7) is 1.91. The Morgan fingerprint density at radius 3 is 2.00 bits per heavy atom. The molecule has 0 N–H and O–H groups in total. The number of benzene rings is 2. The zero-order valence-corrected chi connectivity index (χ0v) is 15.0. The highest BCUT2D eigenvalue weighted by molar-refractivity contribution is 7.91. The van der Waals surface area contributed by atoms with Gasteiger partial charge in [0.1, 0.15) is 5.75 Å². The van der Waals surface area contributed by atoms with E-state index in [1.165, 1.54) is 11.3 Å². The van der Waals surface area contributed by atoms with Crippen LogP contribution in [0, 0.1) is 6.92 Å². The molecule has 2 nitrogen and oxygen atoms in total. The zero-order chi connectivity index (χ0) is 16.2. The lowest BCUT2D eigenvalue weighted by Crippen LogP contribution is -2.17. The van der Waals surface area contributed by atoms with Crippen molar-refractivity contribution in [3.05, 3.63) is 86.8 Å². The molecule has 0 saturated carbocycles. The van der Waals surface area contributed by atoms with Crippen LogP contribution in [-0.2, 0) is 16.9 Å². The second-order valence-electron chi connectivity index (χ2n) is 5.20. The molecule has 2 aromatic carbocycles. The second-order valence-corrected chi connectivity index (χ2v) is 8.39. The summed E-state index contributed by atoms with van der Waals surface area (Å²) in [5.41, 5.74) is 2.99. The van der Waals surface area contributed by atoms with Gasteiger partial charge in [0.15, 0.2) is 9.72 Å². The predicted molar refractivity (Wildman–Crippen MR) is 98.4 cm³/mol. The van der Waals surface area contributed by atoms with Crippen LogP contribution in [0.1, 0.15) is 26.9 Å². The second kappa shape index (κ2) is 7.49. The zero-order valence-electron chi connectivity index (χ0n) is 12.6. The molecule has 23 heavy (non-hydrogen) atoms. The van der Waals surface area contributed by atoms with E-state index in [4.69, 9.17) is 11.6 Å². The Balaban J connectivity index is 1.93. The van der Waals surface area contributed by atoms with Crippen molar-refractivity contribution in [1.82, 2.24) is 4.98 Å². The summed E-state index contributed by atoms with van der Waals surface area (Å²) in [4.78, 5) is 5.21. The van der Waals surface area contributed by atoms with Gasteiger partial charge >= 0.3 is 0 Å². The monoisotopic (exact) mass is 361 g/mol. The molecule has 0 fully saturated rings. The third-order valence-electron chi connectivity index (χ3n) is 3.61. The van der Waals surface area contributed by atoms with Gasteiger partial charge in [-0.3, -0.25) is 0 Å².